The van der Waals surface area contributed by atoms with Crippen LogP contribution in [0.25, 0.3) is 0 Å². The smallest absolute Gasteiger partial charge is 0.310 e. The van der Waals surface area contributed by atoms with Crippen LogP contribution < -0.4 is 10.2 Å². The van der Waals surface area contributed by atoms with Gasteiger partial charge in [0.05, 0.1) is 26.2 Å². The zero-order valence-corrected chi connectivity index (χ0v) is 16.5. The summed E-state index contributed by atoms with van der Waals surface area (Å²) in [6, 6.07) is 8.62. The maximum atomic E-state index is 11.9. The highest BCUT2D eigenvalue weighted by Gasteiger charge is 2.36. The number of morpholine rings is 1. The summed E-state index contributed by atoms with van der Waals surface area (Å²) in [5.74, 6) is 0.842. The fraction of sp³-hybridized carbons (Fsp3) is 0.600. The molecule has 0 spiro atoms. The van der Waals surface area contributed by atoms with E-state index in [2.05, 4.69) is 51.3 Å². The Kier molecular flexibility index (Phi) is 6.55. The molecule has 0 bridgehead atoms. The van der Waals surface area contributed by atoms with Gasteiger partial charge in [-0.05, 0) is 23.6 Å². The lowest BCUT2D eigenvalue weighted by Crippen LogP contribution is -2.40. The van der Waals surface area contributed by atoms with E-state index in [1.807, 2.05) is 0 Å². The predicted molar refractivity (Wildman–Crippen MR) is 106 cm³/mol. The first-order valence-electron chi connectivity index (χ1n) is 9.57. The highest BCUT2D eigenvalue weighted by molar-refractivity contribution is 5.82. The van der Waals surface area contributed by atoms with Gasteiger partial charge in [0.25, 0.3) is 0 Å². The number of methoxy groups -OCH3 is 1. The third-order valence-corrected chi connectivity index (χ3v) is 5.39. The van der Waals surface area contributed by atoms with Gasteiger partial charge >= 0.3 is 5.97 Å². The van der Waals surface area contributed by atoms with Gasteiger partial charge in [-0.15, -0.1) is 0 Å². The third-order valence-electron chi connectivity index (χ3n) is 5.39. The number of hydrogen-bond acceptors (Lipinski definition) is 5. The molecule has 3 rings (SSSR count). The SMILES string of the molecule is CN=C(NCc1ccc(N2CCOCC2)cc1)N1CC(C)C(C(=O)OC)C1. The standard InChI is InChI=1S/C20H30N4O3/c1-15-13-24(14-18(15)19(25)26-3)20(21-2)22-12-16-4-6-17(7-5-16)23-8-10-27-11-9-23/h4-7,15,18H,8-14H2,1-3H3,(H,21,22). The summed E-state index contributed by atoms with van der Waals surface area (Å²) in [4.78, 5) is 20.8. The molecule has 2 heterocycles. The van der Waals surface area contributed by atoms with Crippen LogP contribution in [0.5, 0.6) is 0 Å². The van der Waals surface area contributed by atoms with Crippen LogP contribution in [-0.4, -0.2) is 70.4 Å². The number of rotatable bonds is 4. The summed E-state index contributed by atoms with van der Waals surface area (Å²) in [7, 11) is 3.23. The molecule has 27 heavy (non-hydrogen) atoms. The molecule has 7 heteroatoms. The normalized spacial score (nSPS) is 23.4. The Morgan fingerprint density at radius 2 is 1.96 bits per heavy atom. The molecule has 1 aromatic rings. The number of carbonyl (C=O) groups excluding carboxylic acids is 1. The summed E-state index contributed by atoms with van der Waals surface area (Å²) < 4.78 is 10.3. The van der Waals surface area contributed by atoms with E-state index in [0.29, 0.717) is 13.1 Å². The highest BCUT2D eigenvalue weighted by Crippen LogP contribution is 2.24. The van der Waals surface area contributed by atoms with E-state index in [4.69, 9.17) is 9.47 Å². The molecule has 0 aromatic heterocycles. The van der Waals surface area contributed by atoms with Crippen LogP contribution in [-0.2, 0) is 20.8 Å². The zero-order valence-electron chi connectivity index (χ0n) is 16.5. The van der Waals surface area contributed by atoms with Crippen molar-refractivity contribution >= 4 is 17.6 Å². The van der Waals surface area contributed by atoms with E-state index >= 15 is 0 Å². The Balaban J connectivity index is 1.54. The first kappa shape index (κ1) is 19.5. The summed E-state index contributed by atoms with van der Waals surface area (Å²) in [6.07, 6.45) is 0. The Bertz CT molecular complexity index is 656. The molecular weight excluding hydrogens is 344 g/mol. The molecule has 7 nitrogen and oxygen atoms in total. The molecular formula is C20H30N4O3. The molecule has 2 aliphatic heterocycles. The minimum absolute atomic E-state index is 0.0960. The summed E-state index contributed by atoms with van der Waals surface area (Å²) >= 11 is 0. The second kappa shape index (κ2) is 9.08. The monoisotopic (exact) mass is 374 g/mol. The van der Waals surface area contributed by atoms with E-state index in [1.54, 1.807) is 7.05 Å². The van der Waals surface area contributed by atoms with Gasteiger partial charge in [-0.3, -0.25) is 9.79 Å². The van der Waals surface area contributed by atoms with Gasteiger partial charge in [-0.1, -0.05) is 19.1 Å². The topological polar surface area (TPSA) is 66.4 Å². The van der Waals surface area contributed by atoms with Crippen LogP contribution in [0.15, 0.2) is 29.3 Å². The average molecular weight is 374 g/mol. The Morgan fingerprint density at radius 3 is 2.59 bits per heavy atom. The maximum Gasteiger partial charge on any atom is 0.310 e. The number of esters is 1. The van der Waals surface area contributed by atoms with Gasteiger partial charge in [0.15, 0.2) is 5.96 Å². The van der Waals surface area contributed by atoms with Gasteiger partial charge in [0, 0.05) is 45.5 Å². The van der Waals surface area contributed by atoms with Crippen LogP contribution in [0.2, 0.25) is 0 Å². The number of benzene rings is 1. The van der Waals surface area contributed by atoms with E-state index < -0.39 is 0 Å². The number of nitrogens with zero attached hydrogens (tertiary/aromatic N) is 3. The Hall–Kier alpha value is -2.28. The number of nitrogens with one attached hydrogen (secondary N) is 1. The Morgan fingerprint density at radius 1 is 1.26 bits per heavy atom. The van der Waals surface area contributed by atoms with Gasteiger partial charge < -0.3 is 24.6 Å². The number of ether oxygens (including phenoxy) is 2. The lowest BCUT2D eigenvalue weighted by molar-refractivity contribution is -0.145. The third kappa shape index (κ3) is 4.71. The van der Waals surface area contributed by atoms with Crippen molar-refractivity contribution in [2.24, 2.45) is 16.8 Å². The average Bonchev–Trinajstić information content (AvgIpc) is 3.10. The largest absolute Gasteiger partial charge is 0.469 e. The Labute approximate surface area is 161 Å². The molecule has 0 aliphatic carbocycles. The van der Waals surface area contributed by atoms with Crippen LogP contribution in [0.4, 0.5) is 5.69 Å². The minimum atomic E-state index is -0.140. The van der Waals surface area contributed by atoms with E-state index in [-0.39, 0.29) is 17.8 Å². The van der Waals surface area contributed by atoms with E-state index in [0.717, 1.165) is 38.8 Å². The molecule has 2 atom stereocenters. The molecule has 0 saturated carbocycles. The zero-order chi connectivity index (χ0) is 19.2. The lowest BCUT2D eigenvalue weighted by atomic mass is 9.99. The van der Waals surface area contributed by atoms with Gasteiger partial charge in [0.2, 0.25) is 0 Å². The molecule has 2 saturated heterocycles. The van der Waals surface area contributed by atoms with Crippen molar-refractivity contribution in [1.29, 1.82) is 0 Å². The second-order valence-electron chi connectivity index (χ2n) is 7.18. The van der Waals surface area contributed by atoms with Crippen molar-refractivity contribution in [3.63, 3.8) is 0 Å². The molecule has 2 aliphatic rings. The van der Waals surface area contributed by atoms with Crippen LogP contribution in [0.3, 0.4) is 0 Å². The van der Waals surface area contributed by atoms with Crippen molar-refractivity contribution in [1.82, 2.24) is 10.2 Å². The molecule has 0 radical (unpaired) electrons. The van der Waals surface area contributed by atoms with Crippen molar-refractivity contribution in [2.75, 3.05) is 58.5 Å². The van der Waals surface area contributed by atoms with Crippen molar-refractivity contribution < 1.29 is 14.3 Å². The molecule has 1 N–H and O–H groups in total. The molecule has 0 amide bonds. The van der Waals surface area contributed by atoms with Gasteiger partial charge in [-0.2, -0.15) is 0 Å². The number of guanidine groups is 1. The molecule has 1 aromatic carbocycles. The summed E-state index contributed by atoms with van der Waals surface area (Å²) in [5, 5.41) is 3.41. The molecule has 148 valence electrons. The maximum absolute atomic E-state index is 11.9. The van der Waals surface area contributed by atoms with Crippen LogP contribution in [0, 0.1) is 11.8 Å². The van der Waals surface area contributed by atoms with Gasteiger partial charge in [-0.25, -0.2) is 0 Å². The van der Waals surface area contributed by atoms with E-state index in [1.165, 1.54) is 18.4 Å². The van der Waals surface area contributed by atoms with Crippen molar-refractivity contribution in [2.45, 2.75) is 13.5 Å². The highest BCUT2D eigenvalue weighted by atomic mass is 16.5. The van der Waals surface area contributed by atoms with Crippen LogP contribution >= 0.6 is 0 Å². The van der Waals surface area contributed by atoms with Crippen molar-refractivity contribution in [3.8, 4) is 0 Å². The van der Waals surface area contributed by atoms with E-state index in [9.17, 15) is 4.79 Å². The molecule has 2 fully saturated rings. The number of anilines is 1. The first-order chi connectivity index (χ1) is 13.1. The summed E-state index contributed by atoms with van der Waals surface area (Å²) in [5.41, 5.74) is 2.44. The fourth-order valence-electron chi connectivity index (χ4n) is 3.76. The number of carbonyl (C=O) groups is 1. The number of aliphatic imine (C=N–C) groups is 1. The molecule has 2 unspecified atom stereocenters. The number of hydrogen-bond donors (Lipinski definition) is 1. The number of likely N-dealkylation sites (tertiary alicyclic amines) is 1. The minimum Gasteiger partial charge on any atom is -0.469 e. The van der Waals surface area contributed by atoms with Gasteiger partial charge in [0.1, 0.15) is 0 Å². The quantitative estimate of drug-likeness (QED) is 0.487. The van der Waals surface area contributed by atoms with Crippen molar-refractivity contribution in [3.05, 3.63) is 29.8 Å². The lowest BCUT2D eigenvalue weighted by Gasteiger charge is -2.29. The first-order valence-corrected chi connectivity index (χ1v) is 9.57. The second-order valence-corrected chi connectivity index (χ2v) is 7.18. The summed E-state index contributed by atoms with van der Waals surface area (Å²) in [6.45, 7) is 7.69. The fourth-order valence-corrected chi connectivity index (χ4v) is 3.76. The van der Waals surface area contributed by atoms with Crippen LogP contribution in [0.1, 0.15) is 12.5 Å². The predicted octanol–water partition coefficient (Wildman–Crippen LogP) is 1.34.